The molecule has 31 heavy (non-hydrogen) atoms. The highest BCUT2D eigenvalue weighted by atomic mass is 19.1. The number of nitrogens with zero attached hydrogens (tertiary/aromatic N) is 4. The predicted octanol–water partition coefficient (Wildman–Crippen LogP) is 3.92. The molecule has 2 amide bonds. The molecule has 7 nitrogen and oxygen atoms in total. The first-order valence-electron chi connectivity index (χ1n) is 10.0. The van der Waals surface area contributed by atoms with Crippen molar-refractivity contribution in [1.82, 2.24) is 24.8 Å². The van der Waals surface area contributed by atoms with Gasteiger partial charge in [0, 0.05) is 36.3 Å². The number of rotatable bonds is 3. The molecule has 2 aliphatic rings. The number of likely N-dealkylation sites (tertiary alicyclic amines) is 1. The average Bonchev–Trinajstić information content (AvgIpc) is 3.27. The first-order valence-corrected chi connectivity index (χ1v) is 10.0. The molecule has 0 bridgehead atoms. The van der Waals surface area contributed by atoms with Crippen LogP contribution in [0.5, 0.6) is 0 Å². The van der Waals surface area contributed by atoms with Gasteiger partial charge >= 0.3 is 6.03 Å². The quantitative estimate of drug-likeness (QED) is 0.663. The van der Waals surface area contributed by atoms with Gasteiger partial charge in [0.2, 0.25) is 0 Å². The Bertz CT molecular complexity index is 1170. The lowest BCUT2D eigenvalue weighted by atomic mass is 9.78. The Hall–Kier alpha value is -3.43. The van der Waals surface area contributed by atoms with Crippen molar-refractivity contribution in [2.24, 2.45) is 0 Å². The van der Waals surface area contributed by atoms with Crippen LogP contribution in [0.3, 0.4) is 0 Å². The van der Waals surface area contributed by atoms with Crippen molar-refractivity contribution in [2.45, 2.75) is 43.7 Å². The number of hydrogen-bond acceptors (Lipinski definition) is 4. The molecule has 1 atom stereocenters. The maximum absolute atomic E-state index is 13.7. The van der Waals surface area contributed by atoms with E-state index < -0.39 is 29.5 Å². The molecule has 1 aliphatic heterocycles. The van der Waals surface area contributed by atoms with Crippen molar-refractivity contribution in [3.8, 4) is 0 Å². The van der Waals surface area contributed by atoms with E-state index in [1.165, 1.54) is 27.7 Å². The van der Waals surface area contributed by atoms with E-state index in [0.717, 1.165) is 18.0 Å². The summed E-state index contributed by atoms with van der Waals surface area (Å²) in [5.41, 5.74) is 1.32. The van der Waals surface area contributed by atoms with Gasteiger partial charge in [0.15, 0.2) is 11.5 Å². The molecule has 5 rings (SSSR count). The molecule has 10 heteroatoms. The monoisotopic (exact) mass is 428 g/mol. The Morgan fingerprint density at radius 3 is 2.65 bits per heavy atom. The molecule has 1 aromatic carbocycles. The lowest BCUT2D eigenvalue weighted by Gasteiger charge is -2.37. The molecule has 1 saturated heterocycles. The summed E-state index contributed by atoms with van der Waals surface area (Å²) in [4.78, 5) is 18.1. The van der Waals surface area contributed by atoms with Gasteiger partial charge in [-0.05, 0) is 43.0 Å². The van der Waals surface area contributed by atoms with Gasteiger partial charge in [0.05, 0.1) is 12.2 Å². The number of urea groups is 1. The molecule has 2 fully saturated rings. The second-order valence-electron chi connectivity index (χ2n) is 7.99. The number of carbonyl (C=O) groups excluding carboxylic acids is 1. The van der Waals surface area contributed by atoms with E-state index in [4.69, 9.17) is 5.41 Å². The Labute approximate surface area is 175 Å². The topological polar surface area (TPSA) is 86.4 Å². The Morgan fingerprint density at radius 1 is 1.16 bits per heavy atom. The van der Waals surface area contributed by atoms with Crippen LogP contribution in [0.4, 0.5) is 18.0 Å². The number of amidine groups is 1. The zero-order valence-corrected chi connectivity index (χ0v) is 16.4. The highest BCUT2D eigenvalue weighted by molar-refractivity contribution is 5.98. The minimum atomic E-state index is -0.714. The lowest BCUT2D eigenvalue weighted by Crippen LogP contribution is -2.50. The SMILES string of the molecule is N=C1CCC(c2cc(F)cc(F)c2)N1C(=O)NC1CC(c2ccnc3c(F)cnn23)C1. The number of benzene rings is 1. The minimum Gasteiger partial charge on any atom is -0.335 e. The normalized spacial score (nSPS) is 23.3. The Balaban J connectivity index is 1.27. The maximum Gasteiger partial charge on any atom is 0.323 e. The number of carbonyl (C=O) groups is 1. The third-order valence-corrected chi connectivity index (χ3v) is 6.02. The Kier molecular flexibility index (Phi) is 4.64. The summed E-state index contributed by atoms with van der Waals surface area (Å²) in [5.74, 6) is -1.71. The number of fused-ring (bicyclic) bond motifs is 1. The fourth-order valence-corrected chi connectivity index (χ4v) is 4.47. The van der Waals surface area contributed by atoms with Crippen molar-refractivity contribution < 1.29 is 18.0 Å². The molecule has 3 heterocycles. The lowest BCUT2D eigenvalue weighted by molar-refractivity contribution is 0.194. The standard InChI is InChI=1S/C21H19F3N6O/c22-13-5-11(6-14(23)9-13)17-1-2-19(25)29(17)21(31)28-15-7-12(8-15)18-3-4-26-20-16(24)10-27-30(18)20/h3-6,9-10,12,15,17,25H,1-2,7-8H2,(H,28,31). The summed E-state index contributed by atoms with van der Waals surface area (Å²) in [6, 6.07) is 3.80. The van der Waals surface area contributed by atoms with E-state index in [2.05, 4.69) is 15.4 Å². The van der Waals surface area contributed by atoms with E-state index in [1.807, 2.05) is 0 Å². The van der Waals surface area contributed by atoms with E-state index in [-0.39, 0.29) is 23.4 Å². The number of hydrogen-bond donors (Lipinski definition) is 2. The van der Waals surface area contributed by atoms with Crippen LogP contribution in [0.15, 0.2) is 36.7 Å². The molecule has 1 saturated carbocycles. The van der Waals surface area contributed by atoms with Crippen LogP contribution in [-0.2, 0) is 0 Å². The van der Waals surface area contributed by atoms with Crippen LogP contribution in [0, 0.1) is 22.9 Å². The maximum atomic E-state index is 13.7. The van der Waals surface area contributed by atoms with Crippen molar-refractivity contribution in [1.29, 1.82) is 5.41 Å². The van der Waals surface area contributed by atoms with Crippen LogP contribution < -0.4 is 5.32 Å². The molecule has 2 N–H and O–H groups in total. The van der Waals surface area contributed by atoms with Crippen molar-refractivity contribution in [2.75, 3.05) is 0 Å². The minimum absolute atomic E-state index is 0.0845. The van der Waals surface area contributed by atoms with Crippen molar-refractivity contribution in [3.05, 3.63) is 65.4 Å². The highest BCUT2D eigenvalue weighted by Crippen LogP contribution is 2.38. The Morgan fingerprint density at radius 2 is 1.90 bits per heavy atom. The van der Waals surface area contributed by atoms with Crippen LogP contribution in [0.1, 0.15) is 48.9 Å². The average molecular weight is 428 g/mol. The summed E-state index contributed by atoms with van der Waals surface area (Å²) in [5, 5.41) is 15.1. The summed E-state index contributed by atoms with van der Waals surface area (Å²) >= 11 is 0. The van der Waals surface area contributed by atoms with Gasteiger partial charge in [-0.1, -0.05) is 0 Å². The molecule has 0 radical (unpaired) electrons. The largest absolute Gasteiger partial charge is 0.335 e. The van der Waals surface area contributed by atoms with E-state index >= 15 is 0 Å². The molecular weight excluding hydrogens is 409 g/mol. The fraction of sp³-hybridized carbons (Fsp3) is 0.333. The van der Waals surface area contributed by atoms with E-state index in [1.54, 1.807) is 6.07 Å². The smallest absolute Gasteiger partial charge is 0.323 e. The van der Waals surface area contributed by atoms with Crippen molar-refractivity contribution in [3.63, 3.8) is 0 Å². The zero-order valence-electron chi connectivity index (χ0n) is 16.4. The first kappa shape index (κ1) is 19.5. The third kappa shape index (κ3) is 3.41. The molecule has 0 spiro atoms. The van der Waals surface area contributed by atoms with Crippen LogP contribution in [0.2, 0.25) is 0 Å². The van der Waals surface area contributed by atoms with Gasteiger partial charge in [0.1, 0.15) is 17.5 Å². The van der Waals surface area contributed by atoms with Crippen LogP contribution in [-0.4, -0.2) is 37.4 Å². The van der Waals surface area contributed by atoms with Gasteiger partial charge in [-0.15, -0.1) is 0 Å². The molecular formula is C21H19F3N6O. The van der Waals surface area contributed by atoms with Crippen LogP contribution >= 0.6 is 0 Å². The first-order chi connectivity index (χ1) is 14.9. The molecule has 1 unspecified atom stereocenters. The summed E-state index contributed by atoms with van der Waals surface area (Å²) in [6.45, 7) is 0. The summed E-state index contributed by atoms with van der Waals surface area (Å²) in [7, 11) is 0. The zero-order chi connectivity index (χ0) is 21.7. The molecule has 3 aromatic rings. The van der Waals surface area contributed by atoms with Gasteiger partial charge in [-0.3, -0.25) is 10.3 Å². The van der Waals surface area contributed by atoms with Crippen LogP contribution in [0.25, 0.3) is 5.65 Å². The molecule has 160 valence electrons. The number of halogens is 3. The van der Waals surface area contributed by atoms with Gasteiger partial charge in [0.25, 0.3) is 0 Å². The second-order valence-corrected chi connectivity index (χ2v) is 7.99. The number of amides is 2. The predicted molar refractivity (Wildman–Crippen MR) is 105 cm³/mol. The van der Waals surface area contributed by atoms with Gasteiger partial charge in [-0.25, -0.2) is 27.5 Å². The summed E-state index contributed by atoms with van der Waals surface area (Å²) < 4.78 is 42.5. The summed E-state index contributed by atoms with van der Waals surface area (Å²) in [6.07, 6.45) is 4.71. The van der Waals surface area contributed by atoms with E-state index in [9.17, 15) is 18.0 Å². The molecule has 1 aliphatic carbocycles. The second kappa shape index (κ2) is 7.36. The van der Waals surface area contributed by atoms with Gasteiger partial charge in [-0.2, -0.15) is 5.10 Å². The number of aromatic nitrogens is 3. The highest BCUT2D eigenvalue weighted by Gasteiger charge is 2.39. The molecule has 2 aromatic heterocycles. The fourth-order valence-electron chi connectivity index (χ4n) is 4.47. The van der Waals surface area contributed by atoms with Crippen molar-refractivity contribution >= 4 is 17.5 Å². The number of nitrogens with one attached hydrogen (secondary N) is 2. The van der Waals surface area contributed by atoms with E-state index in [0.29, 0.717) is 31.2 Å². The third-order valence-electron chi connectivity index (χ3n) is 6.02. The van der Waals surface area contributed by atoms with Gasteiger partial charge < -0.3 is 5.32 Å².